The molecule has 0 aliphatic heterocycles. The molecule has 0 aliphatic rings. The third-order valence-electron chi connectivity index (χ3n) is 2.98. The highest BCUT2D eigenvalue weighted by Gasteiger charge is 2.11. The van der Waals surface area contributed by atoms with Gasteiger partial charge in [0, 0.05) is 17.8 Å². The maximum absolute atomic E-state index is 11.9. The Morgan fingerprint density at radius 2 is 1.50 bits per heavy atom. The summed E-state index contributed by atoms with van der Waals surface area (Å²) in [5, 5.41) is 32.9. The fourth-order valence-electron chi connectivity index (χ4n) is 1.87. The van der Waals surface area contributed by atoms with E-state index in [-0.39, 0.29) is 12.3 Å². The van der Waals surface area contributed by atoms with E-state index in [1.165, 1.54) is 24.3 Å². The van der Waals surface area contributed by atoms with Crippen molar-refractivity contribution in [1.29, 1.82) is 0 Å². The zero-order valence-corrected chi connectivity index (χ0v) is 12.7. The summed E-state index contributed by atoms with van der Waals surface area (Å²) in [5.74, 6) is -2.26. The number of hydrogen-bond acceptors (Lipinski definition) is 6. The van der Waals surface area contributed by atoms with E-state index in [9.17, 15) is 24.9 Å². The Morgan fingerprint density at radius 1 is 0.958 bits per heavy atom. The number of hydrogen-bond donors (Lipinski definition) is 5. The number of carbonyl (C=O) groups is 2. The van der Waals surface area contributed by atoms with Crippen LogP contribution in [-0.2, 0) is 4.74 Å². The molecule has 0 unspecified atom stereocenters. The summed E-state index contributed by atoms with van der Waals surface area (Å²) in [6, 6.07) is 7.59. The third-order valence-corrected chi connectivity index (χ3v) is 2.98. The Kier molecular flexibility index (Phi) is 5.10. The van der Waals surface area contributed by atoms with E-state index in [2.05, 4.69) is 10.6 Å². The molecule has 24 heavy (non-hydrogen) atoms. The van der Waals surface area contributed by atoms with Gasteiger partial charge in [0.2, 0.25) is 0 Å². The first-order valence-electron chi connectivity index (χ1n) is 7.01. The molecule has 0 heterocycles. The molecule has 0 aliphatic carbocycles. The molecule has 0 saturated carbocycles. The lowest BCUT2D eigenvalue weighted by molar-refractivity contribution is 0.0526. The van der Waals surface area contributed by atoms with Crippen LogP contribution in [0, 0.1) is 0 Å². The molecule has 8 heteroatoms. The first-order chi connectivity index (χ1) is 11.4. The number of benzene rings is 2. The summed E-state index contributed by atoms with van der Waals surface area (Å²) in [4.78, 5) is 23.4. The lowest BCUT2D eigenvalue weighted by Crippen LogP contribution is -2.19. The van der Waals surface area contributed by atoms with Gasteiger partial charge in [-0.25, -0.2) is 9.59 Å². The van der Waals surface area contributed by atoms with E-state index in [1.807, 2.05) is 0 Å². The summed E-state index contributed by atoms with van der Waals surface area (Å²) in [5.41, 5.74) is 0.868. The minimum absolute atomic E-state index is 0.0865. The fraction of sp³-hybridized carbons (Fsp3) is 0.125. The molecule has 0 aromatic heterocycles. The first kappa shape index (κ1) is 16.9. The van der Waals surface area contributed by atoms with Crippen molar-refractivity contribution < 1.29 is 29.6 Å². The average Bonchev–Trinajstić information content (AvgIpc) is 2.53. The van der Waals surface area contributed by atoms with E-state index < -0.39 is 29.2 Å². The minimum Gasteiger partial charge on any atom is -0.504 e. The van der Waals surface area contributed by atoms with Gasteiger partial charge in [0.15, 0.2) is 17.2 Å². The minimum atomic E-state index is -0.671. The van der Waals surface area contributed by atoms with Gasteiger partial charge in [0.1, 0.15) is 0 Å². The zero-order valence-electron chi connectivity index (χ0n) is 12.7. The molecule has 126 valence electrons. The van der Waals surface area contributed by atoms with Crippen LogP contribution in [0.3, 0.4) is 0 Å². The predicted molar refractivity (Wildman–Crippen MR) is 86.5 cm³/mol. The standard InChI is InChI=1S/C16H16N2O6/c1-2-24-15(22)9-3-5-10(6-4-9)17-16(23)18-11-7-12(19)14(21)13(20)8-11/h3-8,19-21H,2H2,1H3,(H2,17,18,23). The van der Waals surface area contributed by atoms with Crippen LogP contribution in [0.5, 0.6) is 17.2 Å². The molecule has 0 fully saturated rings. The molecular weight excluding hydrogens is 316 g/mol. The number of carbonyl (C=O) groups excluding carboxylic acids is 2. The van der Waals surface area contributed by atoms with Crippen LogP contribution in [0.4, 0.5) is 16.2 Å². The van der Waals surface area contributed by atoms with Crippen LogP contribution in [0.1, 0.15) is 17.3 Å². The van der Waals surface area contributed by atoms with Gasteiger partial charge < -0.3 is 30.7 Å². The van der Waals surface area contributed by atoms with Crippen LogP contribution in [0.25, 0.3) is 0 Å². The van der Waals surface area contributed by atoms with E-state index in [0.717, 1.165) is 12.1 Å². The molecule has 8 nitrogen and oxygen atoms in total. The smallest absolute Gasteiger partial charge is 0.338 e. The van der Waals surface area contributed by atoms with Gasteiger partial charge in [-0.2, -0.15) is 0 Å². The topological polar surface area (TPSA) is 128 Å². The highest BCUT2D eigenvalue weighted by molar-refractivity contribution is 6.00. The Bertz CT molecular complexity index is 735. The average molecular weight is 332 g/mol. The first-order valence-corrected chi connectivity index (χ1v) is 7.01. The molecule has 0 spiro atoms. The molecule has 5 N–H and O–H groups in total. The van der Waals surface area contributed by atoms with Crippen molar-refractivity contribution in [2.45, 2.75) is 6.92 Å². The Balaban J connectivity index is 2.01. The number of urea groups is 1. The highest BCUT2D eigenvalue weighted by Crippen LogP contribution is 2.37. The Labute approximate surface area is 137 Å². The molecule has 2 amide bonds. The van der Waals surface area contributed by atoms with Crippen molar-refractivity contribution in [2.24, 2.45) is 0 Å². The molecule has 2 aromatic rings. The fourth-order valence-corrected chi connectivity index (χ4v) is 1.87. The normalized spacial score (nSPS) is 10.0. The van der Waals surface area contributed by atoms with Crippen LogP contribution in [0.2, 0.25) is 0 Å². The zero-order chi connectivity index (χ0) is 17.7. The third kappa shape index (κ3) is 4.07. The van der Waals surface area contributed by atoms with Gasteiger partial charge in [-0.3, -0.25) is 0 Å². The summed E-state index contributed by atoms with van der Waals surface area (Å²) in [6.45, 7) is 1.98. The molecular formula is C16H16N2O6. The van der Waals surface area contributed by atoms with Crippen molar-refractivity contribution >= 4 is 23.4 Å². The van der Waals surface area contributed by atoms with E-state index in [0.29, 0.717) is 11.3 Å². The van der Waals surface area contributed by atoms with E-state index in [1.54, 1.807) is 6.92 Å². The van der Waals surface area contributed by atoms with Gasteiger partial charge in [0.05, 0.1) is 17.9 Å². The van der Waals surface area contributed by atoms with Gasteiger partial charge in [0.25, 0.3) is 0 Å². The Morgan fingerprint density at radius 3 is 2.04 bits per heavy atom. The monoisotopic (exact) mass is 332 g/mol. The van der Waals surface area contributed by atoms with E-state index >= 15 is 0 Å². The van der Waals surface area contributed by atoms with Gasteiger partial charge in [-0.1, -0.05) is 0 Å². The number of rotatable bonds is 4. The summed E-state index contributed by atoms with van der Waals surface area (Å²) in [6.07, 6.45) is 0. The molecule has 0 atom stereocenters. The highest BCUT2D eigenvalue weighted by atomic mass is 16.5. The maximum atomic E-state index is 11.9. The molecule has 0 radical (unpaired) electrons. The van der Waals surface area contributed by atoms with Gasteiger partial charge >= 0.3 is 12.0 Å². The van der Waals surface area contributed by atoms with Crippen LogP contribution in [-0.4, -0.2) is 33.9 Å². The molecule has 0 saturated heterocycles. The van der Waals surface area contributed by atoms with Crippen molar-refractivity contribution in [3.05, 3.63) is 42.0 Å². The molecule has 2 rings (SSSR count). The maximum Gasteiger partial charge on any atom is 0.338 e. The van der Waals surface area contributed by atoms with Crippen LogP contribution < -0.4 is 10.6 Å². The SMILES string of the molecule is CCOC(=O)c1ccc(NC(=O)Nc2cc(O)c(O)c(O)c2)cc1. The summed E-state index contributed by atoms with van der Waals surface area (Å²) < 4.78 is 4.85. The number of aromatic hydroxyl groups is 3. The van der Waals surface area contributed by atoms with Crippen molar-refractivity contribution in [2.75, 3.05) is 17.2 Å². The summed E-state index contributed by atoms with van der Waals surface area (Å²) in [7, 11) is 0. The number of phenols is 3. The van der Waals surface area contributed by atoms with Crippen molar-refractivity contribution in [3.8, 4) is 17.2 Å². The number of nitrogens with one attached hydrogen (secondary N) is 2. The van der Waals surface area contributed by atoms with Crippen LogP contribution >= 0.6 is 0 Å². The van der Waals surface area contributed by atoms with Crippen molar-refractivity contribution in [3.63, 3.8) is 0 Å². The van der Waals surface area contributed by atoms with E-state index in [4.69, 9.17) is 4.74 Å². The number of esters is 1. The Hall–Kier alpha value is -3.42. The lowest BCUT2D eigenvalue weighted by Gasteiger charge is -2.10. The number of amides is 2. The number of phenolic OH excluding ortho intramolecular Hbond substituents is 3. The summed E-state index contributed by atoms with van der Waals surface area (Å²) >= 11 is 0. The second-order valence-electron chi connectivity index (χ2n) is 4.74. The molecule has 2 aromatic carbocycles. The van der Waals surface area contributed by atoms with Gasteiger partial charge in [-0.05, 0) is 31.2 Å². The number of anilines is 2. The largest absolute Gasteiger partial charge is 0.504 e. The van der Waals surface area contributed by atoms with Gasteiger partial charge in [-0.15, -0.1) is 0 Å². The second-order valence-corrected chi connectivity index (χ2v) is 4.74. The van der Waals surface area contributed by atoms with Crippen molar-refractivity contribution in [1.82, 2.24) is 0 Å². The quantitative estimate of drug-likeness (QED) is 0.333. The lowest BCUT2D eigenvalue weighted by atomic mass is 10.2. The second kappa shape index (κ2) is 7.23. The molecule has 0 bridgehead atoms. The van der Waals surface area contributed by atoms with Crippen LogP contribution in [0.15, 0.2) is 36.4 Å². The number of ether oxygens (including phenoxy) is 1. The predicted octanol–water partition coefficient (Wildman–Crippen LogP) is 2.62.